The topological polar surface area (TPSA) is 99.6 Å². The minimum absolute atomic E-state index is 0.0578. The van der Waals surface area contributed by atoms with Crippen LogP contribution < -0.4 is 5.32 Å². The summed E-state index contributed by atoms with van der Waals surface area (Å²) in [6, 6.07) is 11.8. The Morgan fingerprint density at radius 3 is 2.44 bits per heavy atom. The average Bonchev–Trinajstić information content (AvgIpc) is 2.68. The third kappa shape index (κ3) is 5.91. The highest BCUT2D eigenvalue weighted by molar-refractivity contribution is 5.97. The van der Waals surface area contributed by atoms with Crippen LogP contribution in [0.5, 0.6) is 0 Å². The molecule has 0 spiro atoms. The van der Waals surface area contributed by atoms with Gasteiger partial charge in [-0.1, -0.05) is 37.3 Å². The lowest BCUT2D eigenvalue weighted by Crippen LogP contribution is -2.49. The minimum atomic E-state index is -0.978. The zero-order valence-corrected chi connectivity index (χ0v) is 15.3. The quantitative estimate of drug-likeness (QED) is 0.736. The maximum atomic E-state index is 12.9. The molecule has 142 valence electrons. The largest absolute Gasteiger partial charge is 0.481 e. The van der Waals surface area contributed by atoms with E-state index in [1.54, 1.807) is 18.3 Å². The standard InChI is InChI=1S/C20H23N3O4/c1-14(20(26)27)13-23(2)19(25)17(11-15-7-4-3-5-8-15)22-18(24)16-9-6-10-21-12-16/h3-10,12,14,17H,11,13H2,1-2H3,(H,22,24)(H,26,27). The SMILES string of the molecule is CC(CN(C)C(=O)C(Cc1ccccc1)NC(=O)c1cccnc1)C(=O)O. The monoisotopic (exact) mass is 369 g/mol. The number of benzene rings is 1. The Labute approximate surface area is 158 Å². The van der Waals surface area contributed by atoms with E-state index in [4.69, 9.17) is 5.11 Å². The van der Waals surface area contributed by atoms with Crippen molar-refractivity contribution < 1.29 is 19.5 Å². The van der Waals surface area contributed by atoms with Crippen molar-refractivity contribution in [3.63, 3.8) is 0 Å². The number of hydrogen-bond acceptors (Lipinski definition) is 4. The van der Waals surface area contributed by atoms with E-state index in [-0.39, 0.29) is 12.5 Å². The minimum Gasteiger partial charge on any atom is -0.481 e. The van der Waals surface area contributed by atoms with Gasteiger partial charge >= 0.3 is 5.97 Å². The van der Waals surface area contributed by atoms with Crippen LogP contribution in [0.1, 0.15) is 22.8 Å². The number of pyridine rings is 1. The normalized spacial score (nSPS) is 12.7. The molecule has 7 nitrogen and oxygen atoms in total. The van der Waals surface area contributed by atoms with Crippen molar-refractivity contribution in [2.75, 3.05) is 13.6 Å². The van der Waals surface area contributed by atoms with Crippen molar-refractivity contribution in [1.29, 1.82) is 0 Å². The fourth-order valence-electron chi connectivity index (χ4n) is 2.63. The summed E-state index contributed by atoms with van der Waals surface area (Å²) in [5.74, 6) is -2.43. The van der Waals surface area contributed by atoms with Gasteiger partial charge in [0.1, 0.15) is 6.04 Å². The van der Waals surface area contributed by atoms with E-state index in [1.165, 1.54) is 25.1 Å². The molecule has 2 N–H and O–H groups in total. The van der Waals surface area contributed by atoms with Crippen LogP contribution in [0.3, 0.4) is 0 Å². The third-order valence-corrected chi connectivity index (χ3v) is 4.16. The van der Waals surface area contributed by atoms with Gasteiger partial charge in [0.15, 0.2) is 0 Å². The second kappa shape index (κ2) is 9.47. The molecule has 0 aliphatic carbocycles. The highest BCUT2D eigenvalue weighted by Crippen LogP contribution is 2.09. The Morgan fingerprint density at radius 1 is 1.15 bits per heavy atom. The van der Waals surface area contributed by atoms with Gasteiger partial charge in [-0.3, -0.25) is 19.4 Å². The Hall–Kier alpha value is -3.22. The number of carboxylic acid groups (broad SMARTS) is 1. The number of carbonyl (C=O) groups excluding carboxylic acids is 2. The summed E-state index contributed by atoms with van der Waals surface area (Å²) in [5.41, 5.74) is 1.24. The van der Waals surface area contributed by atoms with Gasteiger partial charge in [-0.2, -0.15) is 0 Å². The molecule has 0 fully saturated rings. The van der Waals surface area contributed by atoms with Gasteiger partial charge in [0, 0.05) is 32.4 Å². The number of likely N-dealkylation sites (N-methyl/N-ethyl adjacent to an activating group) is 1. The van der Waals surface area contributed by atoms with E-state index in [9.17, 15) is 14.4 Å². The van der Waals surface area contributed by atoms with Crippen LogP contribution in [-0.2, 0) is 16.0 Å². The summed E-state index contributed by atoms with van der Waals surface area (Å²) in [6.45, 7) is 1.59. The number of carbonyl (C=O) groups is 3. The average molecular weight is 369 g/mol. The van der Waals surface area contributed by atoms with E-state index < -0.39 is 23.8 Å². The molecule has 1 aromatic carbocycles. The van der Waals surface area contributed by atoms with Crippen molar-refractivity contribution in [1.82, 2.24) is 15.2 Å². The lowest BCUT2D eigenvalue weighted by atomic mass is 10.0. The van der Waals surface area contributed by atoms with Crippen molar-refractivity contribution in [3.05, 3.63) is 66.0 Å². The predicted octanol–water partition coefficient (Wildman–Crippen LogP) is 1.60. The number of aliphatic carboxylic acids is 1. The molecular formula is C20H23N3O4. The van der Waals surface area contributed by atoms with Crippen molar-refractivity contribution >= 4 is 17.8 Å². The van der Waals surface area contributed by atoms with Crippen LogP contribution in [0.2, 0.25) is 0 Å². The Kier molecular flexibility index (Phi) is 7.05. The van der Waals surface area contributed by atoms with Gasteiger partial charge in [-0.15, -0.1) is 0 Å². The second-order valence-electron chi connectivity index (χ2n) is 6.42. The molecule has 2 atom stereocenters. The van der Waals surface area contributed by atoms with Crippen LogP contribution in [0.25, 0.3) is 0 Å². The summed E-state index contributed by atoms with van der Waals surface area (Å²) in [6.07, 6.45) is 3.29. The fraction of sp³-hybridized carbons (Fsp3) is 0.300. The molecule has 0 saturated carbocycles. The zero-order chi connectivity index (χ0) is 19.8. The number of amides is 2. The predicted molar refractivity (Wildman–Crippen MR) is 100 cm³/mol. The van der Waals surface area contributed by atoms with Crippen LogP contribution in [0.4, 0.5) is 0 Å². The molecule has 2 amide bonds. The van der Waals surface area contributed by atoms with Gasteiger partial charge in [0.2, 0.25) is 5.91 Å². The van der Waals surface area contributed by atoms with Crippen molar-refractivity contribution in [3.8, 4) is 0 Å². The lowest BCUT2D eigenvalue weighted by molar-refractivity contribution is -0.143. The van der Waals surface area contributed by atoms with Gasteiger partial charge in [-0.05, 0) is 17.7 Å². The smallest absolute Gasteiger partial charge is 0.308 e. The van der Waals surface area contributed by atoms with Gasteiger partial charge in [0.05, 0.1) is 11.5 Å². The molecule has 1 heterocycles. The van der Waals surface area contributed by atoms with Gasteiger partial charge < -0.3 is 15.3 Å². The molecule has 2 rings (SSSR count). The van der Waals surface area contributed by atoms with Crippen LogP contribution >= 0.6 is 0 Å². The first-order valence-corrected chi connectivity index (χ1v) is 8.61. The van der Waals surface area contributed by atoms with E-state index in [2.05, 4.69) is 10.3 Å². The number of nitrogens with zero attached hydrogens (tertiary/aromatic N) is 2. The fourth-order valence-corrected chi connectivity index (χ4v) is 2.63. The lowest BCUT2D eigenvalue weighted by Gasteiger charge is -2.26. The van der Waals surface area contributed by atoms with Gasteiger partial charge in [0.25, 0.3) is 5.91 Å². The van der Waals surface area contributed by atoms with Crippen LogP contribution in [0, 0.1) is 5.92 Å². The number of rotatable bonds is 8. The number of carboxylic acids is 1. The molecule has 0 radical (unpaired) electrons. The summed E-state index contributed by atoms with van der Waals surface area (Å²) >= 11 is 0. The van der Waals surface area contributed by atoms with E-state index in [1.807, 2.05) is 30.3 Å². The van der Waals surface area contributed by atoms with Crippen molar-refractivity contribution in [2.45, 2.75) is 19.4 Å². The number of nitrogens with one attached hydrogen (secondary N) is 1. The molecule has 0 bridgehead atoms. The van der Waals surface area contributed by atoms with Gasteiger partial charge in [-0.25, -0.2) is 0 Å². The number of hydrogen-bond donors (Lipinski definition) is 2. The van der Waals surface area contributed by atoms with E-state index in [0.29, 0.717) is 12.0 Å². The maximum absolute atomic E-state index is 12.9. The number of aromatic nitrogens is 1. The highest BCUT2D eigenvalue weighted by Gasteiger charge is 2.27. The van der Waals surface area contributed by atoms with E-state index in [0.717, 1.165) is 5.56 Å². The Balaban J connectivity index is 2.17. The summed E-state index contributed by atoms with van der Waals surface area (Å²) in [5, 5.41) is 11.8. The first kappa shape index (κ1) is 20.1. The van der Waals surface area contributed by atoms with Crippen LogP contribution in [0.15, 0.2) is 54.9 Å². The summed E-state index contributed by atoms with van der Waals surface area (Å²) < 4.78 is 0. The summed E-state index contributed by atoms with van der Waals surface area (Å²) in [7, 11) is 1.54. The second-order valence-corrected chi connectivity index (χ2v) is 6.42. The molecule has 1 aromatic heterocycles. The summed E-state index contributed by atoms with van der Waals surface area (Å²) in [4.78, 5) is 41.7. The van der Waals surface area contributed by atoms with E-state index >= 15 is 0 Å². The van der Waals surface area contributed by atoms with Crippen molar-refractivity contribution in [2.24, 2.45) is 5.92 Å². The maximum Gasteiger partial charge on any atom is 0.308 e. The molecule has 7 heteroatoms. The molecular weight excluding hydrogens is 346 g/mol. The third-order valence-electron chi connectivity index (χ3n) is 4.16. The molecule has 2 aromatic rings. The molecule has 0 aliphatic rings. The Morgan fingerprint density at radius 2 is 1.85 bits per heavy atom. The van der Waals surface area contributed by atoms with Crippen LogP contribution in [-0.4, -0.2) is 52.4 Å². The molecule has 0 aliphatic heterocycles. The molecule has 0 saturated heterocycles. The molecule has 2 unspecified atom stereocenters. The zero-order valence-electron chi connectivity index (χ0n) is 15.3. The Bertz CT molecular complexity index is 780. The molecule has 27 heavy (non-hydrogen) atoms. The first-order chi connectivity index (χ1) is 12.9. The highest BCUT2D eigenvalue weighted by atomic mass is 16.4. The first-order valence-electron chi connectivity index (χ1n) is 8.61.